The van der Waals surface area contributed by atoms with E-state index in [-0.39, 0.29) is 5.56 Å². The van der Waals surface area contributed by atoms with Crippen LogP contribution in [0, 0.1) is 0 Å². The molecule has 104 valence electrons. The maximum Gasteiger partial charge on any atom is 0.329 e. The van der Waals surface area contributed by atoms with E-state index in [1.54, 1.807) is 13.8 Å². The van der Waals surface area contributed by atoms with Crippen molar-refractivity contribution in [3.05, 3.63) is 22.2 Å². The second-order valence-corrected chi connectivity index (χ2v) is 5.01. The Balaban J connectivity index is 2.31. The zero-order chi connectivity index (χ0) is 14.0. The van der Waals surface area contributed by atoms with E-state index in [0.717, 1.165) is 12.8 Å². The van der Waals surface area contributed by atoms with E-state index < -0.39 is 11.5 Å². The molecule has 0 radical (unpaired) electrons. The summed E-state index contributed by atoms with van der Waals surface area (Å²) in [4.78, 5) is 30.1. The lowest BCUT2D eigenvalue weighted by molar-refractivity contribution is -0.142. The molecule has 0 saturated heterocycles. The molecule has 0 atom stereocenters. The number of carbonyl (C=O) groups is 1. The number of carboxylic acids is 1. The van der Waals surface area contributed by atoms with Gasteiger partial charge in [-0.05, 0) is 25.7 Å². The Morgan fingerprint density at radius 1 is 1.53 bits per heavy atom. The number of hydrogen-bond acceptors (Lipinski definition) is 4. The first-order valence-electron chi connectivity index (χ1n) is 6.63. The number of hydrogen-bond donors (Lipinski definition) is 3. The van der Waals surface area contributed by atoms with Crippen LogP contribution < -0.4 is 10.9 Å². The Kier molecular flexibility index (Phi) is 3.59. The third kappa shape index (κ3) is 2.77. The molecule has 1 aliphatic carbocycles. The summed E-state index contributed by atoms with van der Waals surface area (Å²) in [5.74, 6) is 0.391. The third-order valence-electron chi connectivity index (χ3n) is 3.71. The second kappa shape index (κ2) is 5.03. The van der Waals surface area contributed by atoms with Gasteiger partial charge in [0.1, 0.15) is 17.2 Å². The molecule has 0 bridgehead atoms. The zero-order valence-electron chi connectivity index (χ0n) is 11.2. The highest BCUT2D eigenvalue weighted by Gasteiger charge is 2.35. The van der Waals surface area contributed by atoms with Crippen molar-refractivity contribution in [1.82, 2.24) is 9.97 Å². The van der Waals surface area contributed by atoms with Gasteiger partial charge in [0.05, 0.1) is 0 Å². The van der Waals surface area contributed by atoms with Crippen molar-refractivity contribution < 1.29 is 9.90 Å². The van der Waals surface area contributed by atoms with Crippen LogP contribution in [0.1, 0.15) is 51.3 Å². The van der Waals surface area contributed by atoms with Gasteiger partial charge >= 0.3 is 5.97 Å². The Hall–Kier alpha value is -1.85. The van der Waals surface area contributed by atoms with Crippen molar-refractivity contribution in [2.45, 2.75) is 51.0 Å². The molecule has 0 aliphatic heterocycles. The summed E-state index contributed by atoms with van der Waals surface area (Å²) in [7, 11) is 0. The van der Waals surface area contributed by atoms with Crippen LogP contribution in [0.25, 0.3) is 0 Å². The molecule has 0 unspecified atom stereocenters. The predicted molar refractivity (Wildman–Crippen MR) is 71.4 cm³/mol. The number of H-pyrrole nitrogens is 1. The minimum Gasteiger partial charge on any atom is -0.480 e. The standard InChI is InChI=1S/C13H19N3O3/c1-3-13(4-2,12(18)19)16-9-7-10(17)15-11(14-9)8-5-6-8/h7-8H,3-6H2,1-2H3,(H,18,19)(H2,14,15,16,17). The maximum atomic E-state index is 11.6. The monoisotopic (exact) mass is 265 g/mol. The topological polar surface area (TPSA) is 95.1 Å². The van der Waals surface area contributed by atoms with Crippen LogP contribution in [0.4, 0.5) is 5.82 Å². The fraction of sp³-hybridized carbons (Fsp3) is 0.615. The first-order valence-corrected chi connectivity index (χ1v) is 6.63. The Bertz CT molecular complexity index is 530. The highest BCUT2D eigenvalue weighted by Crippen LogP contribution is 2.37. The Labute approximate surface area is 111 Å². The van der Waals surface area contributed by atoms with Gasteiger partial charge in [0.15, 0.2) is 0 Å². The number of aromatic amines is 1. The summed E-state index contributed by atoms with van der Waals surface area (Å²) in [5, 5.41) is 12.3. The summed E-state index contributed by atoms with van der Waals surface area (Å²) < 4.78 is 0. The van der Waals surface area contributed by atoms with Gasteiger partial charge in [-0.2, -0.15) is 0 Å². The van der Waals surface area contributed by atoms with Crippen LogP contribution in [-0.4, -0.2) is 26.6 Å². The fourth-order valence-corrected chi connectivity index (χ4v) is 2.12. The van der Waals surface area contributed by atoms with Crippen molar-refractivity contribution in [2.24, 2.45) is 0 Å². The third-order valence-corrected chi connectivity index (χ3v) is 3.71. The molecule has 6 nitrogen and oxygen atoms in total. The number of anilines is 1. The minimum atomic E-state index is -1.07. The molecule has 19 heavy (non-hydrogen) atoms. The summed E-state index contributed by atoms with van der Waals surface area (Å²) in [6, 6.07) is 1.31. The number of nitrogens with one attached hydrogen (secondary N) is 2. The van der Waals surface area contributed by atoms with E-state index in [9.17, 15) is 14.7 Å². The molecule has 0 amide bonds. The molecule has 1 saturated carbocycles. The van der Waals surface area contributed by atoms with Gasteiger partial charge in [-0.25, -0.2) is 9.78 Å². The maximum absolute atomic E-state index is 11.6. The number of aliphatic carboxylic acids is 1. The predicted octanol–water partition coefficient (Wildman–Crippen LogP) is 1.70. The number of nitrogens with zero attached hydrogens (tertiary/aromatic N) is 1. The Morgan fingerprint density at radius 3 is 2.63 bits per heavy atom. The van der Waals surface area contributed by atoms with E-state index in [1.807, 2.05) is 0 Å². The van der Waals surface area contributed by atoms with Gasteiger partial charge in [-0.1, -0.05) is 13.8 Å². The molecule has 2 rings (SSSR count). The largest absolute Gasteiger partial charge is 0.480 e. The van der Waals surface area contributed by atoms with E-state index in [4.69, 9.17) is 0 Å². The Morgan fingerprint density at radius 2 is 2.16 bits per heavy atom. The molecule has 1 heterocycles. The number of carboxylic acid groups (broad SMARTS) is 1. The quantitative estimate of drug-likeness (QED) is 0.727. The van der Waals surface area contributed by atoms with Crippen LogP contribution in [-0.2, 0) is 4.79 Å². The normalized spacial score (nSPS) is 15.3. The summed E-state index contributed by atoms with van der Waals surface area (Å²) >= 11 is 0. The fourth-order valence-electron chi connectivity index (χ4n) is 2.12. The average Bonchev–Trinajstić information content (AvgIpc) is 3.19. The van der Waals surface area contributed by atoms with Crippen molar-refractivity contribution in [2.75, 3.05) is 5.32 Å². The zero-order valence-corrected chi connectivity index (χ0v) is 11.2. The van der Waals surface area contributed by atoms with Gasteiger partial charge in [0, 0.05) is 12.0 Å². The molecule has 1 fully saturated rings. The minimum absolute atomic E-state index is 0.245. The molecule has 0 aromatic carbocycles. The van der Waals surface area contributed by atoms with Gasteiger partial charge in [0.2, 0.25) is 0 Å². The molecule has 1 aliphatic rings. The van der Waals surface area contributed by atoms with Gasteiger partial charge < -0.3 is 15.4 Å². The lowest BCUT2D eigenvalue weighted by Gasteiger charge is -2.28. The molecule has 1 aromatic rings. The first-order chi connectivity index (χ1) is 9.00. The van der Waals surface area contributed by atoms with Crippen LogP contribution in [0.5, 0.6) is 0 Å². The van der Waals surface area contributed by atoms with Gasteiger partial charge in [-0.15, -0.1) is 0 Å². The van der Waals surface area contributed by atoms with E-state index >= 15 is 0 Å². The summed E-state index contributed by atoms with van der Waals surface area (Å²) in [6.45, 7) is 3.61. The molecular formula is C13H19N3O3. The first kappa shape index (κ1) is 13.6. The summed E-state index contributed by atoms with van der Waals surface area (Å²) in [5.41, 5.74) is -1.31. The highest BCUT2D eigenvalue weighted by molar-refractivity contribution is 5.82. The van der Waals surface area contributed by atoms with Gasteiger partial charge in [0.25, 0.3) is 5.56 Å². The molecular weight excluding hydrogens is 246 g/mol. The van der Waals surface area contributed by atoms with E-state index in [2.05, 4.69) is 15.3 Å². The van der Waals surface area contributed by atoms with Gasteiger partial charge in [-0.3, -0.25) is 4.79 Å². The molecule has 3 N–H and O–H groups in total. The van der Waals surface area contributed by atoms with Crippen molar-refractivity contribution in [1.29, 1.82) is 0 Å². The van der Waals surface area contributed by atoms with Crippen LogP contribution in [0.2, 0.25) is 0 Å². The number of aromatic nitrogens is 2. The van der Waals surface area contributed by atoms with Crippen molar-refractivity contribution >= 4 is 11.8 Å². The van der Waals surface area contributed by atoms with E-state index in [1.165, 1.54) is 6.07 Å². The van der Waals surface area contributed by atoms with Crippen molar-refractivity contribution in [3.8, 4) is 0 Å². The SMILES string of the molecule is CCC(CC)(Nc1cc(=O)[nH]c(C2CC2)n1)C(=O)O. The second-order valence-electron chi connectivity index (χ2n) is 5.01. The average molecular weight is 265 g/mol. The molecule has 6 heteroatoms. The highest BCUT2D eigenvalue weighted by atomic mass is 16.4. The van der Waals surface area contributed by atoms with Crippen LogP contribution >= 0.6 is 0 Å². The van der Waals surface area contributed by atoms with Crippen molar-refractivity contribution in [3.63, 3.8) is 0 Å². The molecule has 0 spiro atoms. The smallest absolute Gasteiger partial charge is 0.329 e. The van der Waals surface area contributed by atoms with Crippen LogP contribution in [0.15, 0.2) is 10.9 Å². The molecule has 1 aromatic heterocycles. The number of rotatable bonds is 6. The lowest BCUT2D eigenvalue weighted by Crippen LogP contribution is -2.45. The van der Waals surface area contributed by atoms with E-state index in [0.29, 0.717) is 30.4 Å². The van der Waals surface area contributed by atoms with Crippen LogP contribution in [0.3, 0.4) is 0 Å². The lowest BCUT2D eigenvalue weighted by atomic mass is 9.93. The summed E-state index contributed by atoms with van der Waals surface area (Å²) in [6.07, 6.45) is 2.90.